The Bertz CT molecular complexity index is 872. The van der Waals surface area contributed by atoms with Crippen LogP contribution in [0, 0.1) is 13.8 Å². The third-order valence-electron chi connectivity index (χ3n) is 4.80. The summed E-state index contributed by atoms with van der Waals surface area (Å²) in [5.74, 6) is -0.671. The van der Waals surface area contributed by atoms with E-state index in [-0.39, 0.29) is 31.7 Å². The Hall–Kier alpha value is -1.93. The minimum absolute atomic E-state index is 0.0184. The van der Waals surface area contributed by atoms with Crippen molar-refractivity contribution in [2.75, 3.05) is 6.54 Å². The average molecular weight is 426 g/mol. The first-order chi connectivity index (χ1) is 13.3. The molecule has 2 atom stereocenters. The van der Waals surface area contributed by atoms with Gasteiger partial charge in [0, 0.05) is 19.4 Å². The number of likely N-dealkylation sites (tertiary alicyclic amines) is 1. The SMILES string of the molecule is Cc1ccc(C)c([C@@H](C)S(=O)(=O)OC2CCC(=O)N2CCC(=O)OC(C)(C)C)c1. The summed E-state index contributed by atoms with van der Waals surface area (Å²) >= 11 is 0. The lowest BCUT2D eigenvalue weighted by atomic mass is 10.0. The Morgan fingerprint density at radius 3 is 2.55 bits per heavy atom. The van der Waals surface area contributed by atoms with Crippen LogP contribution in [0.1, 0.15) is 68.9 Å². The molecule has 7 nitrogen and oxygen atoms in total. The molecule has 1 saturated heterocycles. The third kappa shape index (κ3) is 6.27. The maximum Gasteiger partial charge on any atom is 0.308 e. The summed E-state index contributed by atoms with van der Waals surface area (Å²) in [6, 6.07) is 5.64. The zero-order chi connectivity index (χ0) is 22.0. The van der Waals surface area contributed by atoms with E-state index in [0.29, 0.717) is 5.56 Å². The zero-order valence-corrected chi connectivity index (χ0v) is 18.8. The van der Waals surface area contributed by atoms with Gasteiger partial charge in [-0.2, -0.15) is 8.42 Å². The normalized spacial score (nSPS) is 18.8. The fourth-order valence-electron chi connectivity index (χ4n) is 3.27. The second-order valence-electron chi connectivity index (χ2n) is 8.51. The molecule has 0 radical (unpaired) electrons. The molecule has 1 aliphatic heterocycles. The van der Waals surface area contributed by atoms with Crippen LogP contribution in [0.15, 0.2) is 18.2 Å². The molecular weight excluding hydrogens is 394 g/mol. The van der Waals surface area contributed by atoms with Gasteiger partial charge >= 0.3 is 5.97 Å². The van der Waals surface area contributed by atoms with Crippen LogP contribution in [0.2, 0.25) is 0 Å². The third-order valence-corrected chi connectivity index (χ3v) is 6.41. The van der Waals surface area contributed by atoms with Crippen LogP contribution in [-0.2, 0) is 28.6 Å². The van der Waals surface area contributed by atoms with Crippen molar-refractivity contribution >= 4 is 22.0 Å². The molecule has 1 heterocycles. The largest absolute Gasteiger partial charge is 0.460 e. The number of carbonyl (C=O) groups excluding carboxylic acids is 2. The molecule has 0 aliphatic carbocycles. The first kappa shape index (κ1) is 23.3. The predicted octanol–water partition coefficient (Wildman–Crippen LogP) is 3.39. The van der Waals surface area contributed by atoms with E-state index in [4.69, 9.17) is 8.92 Å². The molecule has 29 heavy (non-hydrogen) atoms. The van der Waals surface area contributed by atoms with Crippen LogP contribution in [0.5, 0.6) is 0 Å². The molecule has 1 aliphatic rings. The van der Waals surface area contributed by atoms with Gasteiger partial charge < -0.3 is 9.64 Å². The second kappa shape index (κ2) is 8.83. The lowest BCUT2D eigenvalue weighted by Crippen LogP contribution is -2.39. The summed E-state index contributed by atoms with van der Waals surface area (Å²) in [6.07, 6.45) is -0.462. The Labute approximate surface area is 173 Å². The second-order valence-corrected chi connectivity index (χ2v) is 10.4. The van der Waals surface area contributed by atoms with Crippen LogP contribution < -0.4 is 0 Å². The molecule has 1 amide bonds. The Balaban J connectivity index is 2.09. The molecular formula is C21H31NO6S. The molecule has 0 bridgehead atoms. The fraction of sp³-hybridized carbons (Fsp3) is 0.619. The summed E-state index contributed by atoms with van der Waals surface area (Å²) in [6.45, 7) is 10.7. The highest BCUT2D eigenvalue weighted by atomic mass is 32.2. The fourth-order valence-corrected chi connectivity index (χ4v) is 4.51. The van der Waals surface area contributed by atoms with Gasteiger partial charge in [-0.3, -0.25) is 9.59 Å². The molecule has 8 heteroatoms. The van der Waals surface area contributed by atoms with Gasteiger partial charge in [0.2, 0.25) is 5.91 Å². The van der Waals surface area contributed by atoms with E-state index in [0.717, 1.165) is 11.1 Å². The van der Waals surface area contributed by atoms with Crippen molar-refractivity contribution in [3.8, 4) is 0 Å². The van der Waals surface area contributed by atoms with Gasteiger partial charge in [-0.15, -0.1) is 0 Å². The maximum absolute atomic E-state index is 12.9. The molecule has 0 aromatic heterocycles. The number of benzene rings is 1. The van der Waals surface area contributed by atoms with Crippen molar-refractivity contribution in [1.29, 1.82) is 0 Å². The van der Waals surface area contributed by atoms with Gasteiger partial charge in [0.25, 0.3) is 10.1 Å². The van der Waals surface area contributed by atoms with Gasteiger partial charge in [0.15, 0.2) is 6.23 Å². The van der Waals surface area contributed by atoms with E-state index in [9.17, 15) is 18.0 Å². The average Bonchev–Trinajstić information content (AvgIpc) is 2.92. The summed E-state index contributed by atoms with van der Waals surface area (Å²) in [4.78, 5) is 25.5. The molecule has 0 N–H and O–H groups in total. The van der Waals surface area contributed by atoms with E-state index in [1.165, 1.54) is 4.90 Å². The monoisotopic (exact) mass is 425 g/mol. The van der Waals surface area contributed by atoms with Crippen molar-refractivity contribution in [3.05, 3.63) is 34.9 Å². The summed E-state index contributed by atoms with van der Waals surface area (Å²) in [5.41, 5.74) is 1.88. The van der Waals surface area contributed by atoms with Gasteiger partial charge in [0.05, 0.1) is 6.42 Å². The van der Waals surface area contributed by atoms with Crippen LogP contribution in [-0.4, -0.2) is 43.6 Å². The van der Waals surface area contributed by atoms with Crippen LogP contribution in [0.4, 0.5) is 0 Å². The van der Waals surface area contributed by atoms with Crippen LogP contribution in [0.3, 0.4) is 0 Å². The van der Waals surface area contributed by atoms with Crippen molar-refractivity contribution in [2.24, 2.45) is 0 Å². The molecule has 1 aromatic carbocycles. The van der Waals surface area contributed by atoms with Crippen molar-refractivity contribution in [1.82, 2.24) is 4.90 Å². The Morgan fingerprint density at radius 1 is 1.28 bits per heavy atom. The number of hydrogen-bond acceptors (Lipinski definition) is 6. The molecule has 1 fully saturated rings. The molecule has 162 valence electrons. The molecule has 0 spiro atoms. The molecule has 2 rings (SSSR count). The van der Waals surface area contributed by atoms with E-state index < -0.39 is 33.2 Å². The van der Waals surface area contributed by atoms with E-state index in [2.05, 4.69) is 0 Å². The highest BCUT2D eigenvalue weighted by Gasteiger charge is 2.37. The van der Waals surface area contributed by atoms with E-state index in [1.807, 2.05) is 32.0 Å². The molecule has 1 unspecified atom stereocenters. The van der Waals surface area contributed by atoms with E-state index >= 15 is 0 Å². The topological polar surface area (TPSA) is 90.0 Å². The summed E-state index contributed by atoms with van der Waals surface area (Å²) < 4.78 is 36.5. The molecule has 0 saturated carbocycles. The number of hydrogen-bond donors (Lipinski definition) is 0. The van der Waals surface area contributed by atoms with Crippen LogP contribution >= 0.6 is 0 Å². The van der Waals surface area contributed by atoms with Crippen molar-refractivity contribution in [3.63, 3.8) is 0 Å². The van der Waals surface area contributed by atoms with Gasteiger partial charge in [0.1, 0.15) is 10.9 Å². The standard InChI is InChI=1S/C21H31NO6S/c1-14-7-8-15(2)17(13-14)16(3)29(25,26)28-19-10-9-18(23)22(19)12-11-20(24)27-21(4,5)6/h7-8,13,16,19H,9-12H2,1-6H3/t16-,19?/m1/s1. The smallest absolute Gasteiger partial charge is 0.308 e. The Morgan fingerprint density at radius 2 is 1.93 bits per heavy atom. The first-order valence-electron chi connectivity index (χ1n) is 9.81. The Kier molecular flexibility index (Phi) is 7.11. The number of nitrogens with zero attached hydrogens (tertiary/aromatic N) is 1. The zero-order valence-electron chi connectivity index (χ0n) is 18.0. The quantitative estimate of drug-likeness (QED) is 0.491. The number of ether oxygens (including phenoxy) is 1. The van der Waals surface area contributed by atoms with Gasteiger partial charge in [-0.25, -0.2) is 4.18 Å². The predicted molar refractivity (Wildman–Crippen MR) is 110 cm³/mol. The first-order valence-corrected chi connectivity index (χ1v) is 11.3. The summed E-state index contributed by atoms with van der Waals surface area (Å²) in [5, 5.41) is -0.870. The maximum atomic E-state index is 12.9. The highest BCUT2D eigenvalue weighted by molar-refractivity contribution is 7.87. The lowest BCUT2D eigenvalue weighted by molar-refractivity contribution is -0.155. The number of aryl methyl sites for hydroxylation is 2. The lowest BCUT2D eigenvalue weighted by Gasteiger charge is -2.26. The number of carbonyl (C=O) groups is 2. The van der Waals surface area contributed by atoms with E-state index in [1.54, 1.807) is 27.7 Å². The van der Waals surface area contributed by atoms with Crippen LogP contribution in [0.25, 0.3) is 0 Å². The van der Waals surface area contributed by atoms with Gasteiger partial charge in [-0.1, -0.05) is 23.8 Å². The highest BCUT2D eigenvalue weighted by Crippen LogP contribution is 2.31. The number of amides is 1. The number of rotatable bonds is 7. The van der Waals surface area contributed by atoms with Gasteiger partial charge in [-0.05, 0) is 52.7 Å². The number of esters is 1. The van der Waals surface area contributed by atoms with Crippen molar-refractivity contribution in [2.45, 2.75) is 77.9 Å². The minimum atomic E-state index is -3.97. The minimum Gasteiger partial charge on any atom is -0.460 e. The summed E-state index contributed by atoms with van der Waals surface area (Å²) in [7, 11) is -3.97. The molecule has 1 aromatic rings. The van der Waals surface area contributed by atoms with Crippen molar-refractivity contribution < 1.29 is 26.9 Å².